The van der Waals surface area contributed by atoms with Crippen molar-refractivity contribution < 1.29 is 22.6 Å². The Morgan fingerprint density at radius 2 is 1.86 bits per heavy atom. The van der Waals surface area contributed by atoms with E-state index in [1.807, 2.05) is 0 Å². The molecule has 0 amide bonds. The molecule has 0 unspecified atom stereocenters. The lowest BCUT2D eigenvalue weighted by atomic mass is 10.1. The molecule has 0 bridgehead atoms. The maximum absolute atomic E-state index is 11.0. The van der Waals surface area contributed by atoms with Gasteiger partial charge in [0.25, 0.3) is 10.1 Å². The molecule has 0 aliphatic heterocycles. The van der Waals surface area contributed by atoms with Crippen LogP contribution in [0.4, 0.5) is 0 Å². The first-order chi connectivity index (χ1) is 6.24. The number of allylic oxidation sites excluding steroid dienone is 1. The van der Waals surface area contributed by atoms with Crippen LogP contribution in [0.25, 0.3) is 0 Å². The molecule has 0 aromatic heterocycles. The van der Waals surface area contributed by atoms with Crippen molar-refractivity contribution in [2.75, 3.05) is 5.75 Å². The maximum Gasteiger partial charge on any atom is 0.264 e. The lowest BCUT2D eigenvalue weighted by molar-refractivity contribution is -0.134. The maximum atomic E-state index is 11.0. The van der Waals surface area contributed by atoms with E-state index in [4.69, 9.17) is 4.55 Å². The van der Waals surface area contributed by atoms with Crippen molar-refractivity contribution in [2.45, 2.75) is 19.8 Å². The monoisotopic (exact) mass is 220 g/mol. The molecule has 0 saturated carbocycles. The van der Waals surface area contributed by atoms with Gasteiger partial charge in [0.2, 0.25) is 11.6 Å². The number of carbonyl (C=O) groups excluding carboxylic acids is 2. The number of rotatable bonds is 6. The van der Waals surface area contributed by atoms with Gasteiger partial charge in [-0.1, -0.05) is 6.58 Å². The standard InChI is InChI=1S/C8H12O5S/c1-6(2)8(10)7(9)4-3-5-14(11,12)13/h1,3-5H2,2H3,(H,11,12,13). The lowest BCUT2D eigenvalue weighted by Crippen LogP contribution is -2.15. The van der Waals surface area contributed by atoms with E-state index in [1.54, 1.807) is 0 Å². The predicted molar refractivity (Wildman–Crippen MR) is 50.5 cm³/mol. The summed E-state index contributed by atoms with van der Waals surface area (Å²) in [6.45, 7) is 4.70. The molecule has 0 aliphatic carbocycles. The summed E-state index contributed by atoms with van der Waals surface area (Å²) in [4.78, 5) is 21.9. The van der Waals surface area contributed by atoms with E-state index < -0.39 is 27.4 Å². The van der Waals surface area contributed by atoms with Crippen LogP contribution in [0, 0.1) is 0 Å². The van der Waals surface area contributed by atoms with E-state index in [0.29, 0.717) is 0 Å². The van der Waals surface area contributed by atoms with Crippen LogP contribution in [0.5, 0.6) is 0 Å². The minimum absolute atomic E-state index is 0.0588. The molecular weight excluding hydrogens is 208 g/mol. The summed E-state index contributed by atoms with van der Waals surface area (Å²) >= 11 is 0. The van der Waals surface area contributed by atoms with E-state index >= 15 is 0 Å². The summed E-state index contributed by atoms with van der Waals surface area (Å²) < 4.78 is 28.9. The number of hydrogen-bond acceptors (Lipinski definition) is 4. The van der Waals surface area contributed by atoms with Crippen molar-refractivity contribution >= 4 is 21.7 Å². The Hall–Kier alpha value is -1.01. The SMILES string of the molecule is C=C(C)C(=O)C(=O)CCCS(=O)(=O)O. The summed E-state index contributed by atoms with van der Waals surface area (Å²) in [5, 5.41) is 0. The second kappa shape index (κ2) is 5.02. The van der Waals surface area contributed by atoms with Crippen molar-refractivity contribution in [3.63, 3.8) is 0 Å². The van der Waals surface area contributed by atoms with Crippen LogP contribution in [0.2, 0.25) is 0 Å². The summed E-state index contributed by atoms with van der Waals surface area (Å²) in [5.74, 6) is -1.89. The number of Topliss-reactive ketones (excluding diaryl/α,β-unsaturated/α-hetero) is 2. The van der Waals surface area contributed by atoms with Crippen LogP contribution in [-0.4, -0.2) is 30.3 Å². The molecule has 0 aliphatic rings. The zero-order valence-electron chi connectivity index (χ0n) is 7.82. The van der Waals surface area contributed by atoms with Crippen LogP contribution < -0.4 is 0 Å². The molecule has 0 radical (unpaired) electrons. The summed E-state index contributed by atoms with van der Waals surface area (Å²) in [5.41, 5.74) is 0.127. The average Bonchev–Trinajstić information content (AvgIpc) is 2.00. The fourth-order valence-electron chi connectivity index (χ4n) is 0.767. The molecule has 1 N–H and O–H groups in total. The molecule has 0 fully saturated rings. The topological polar surface area (TPSA) is 88.5 Å². The third kappa shape index (κ3) is 5.60. The molecule has 0 spiro atoms. The molecular formula is C8H12O5S. The van der Waals surface area contributed by atoms with Gasteiger partial charge < -0.3 is 0 Å². The van der Waals surface area contributed by atoms with Crippen molar-refractivity contribution in [1.82, 2.24) is 0 Å². The molecule has 0 atom stereocenters. The molecule has 0 rings (SSSR count). The van der Waals surface area contributed by atoms with E-state index in [9.17, 15) is 18.0 Å². The molecule has 6 heteroatoms. The highest BCUT2D eigenvalue weighted by Crippen LogP contribution is 2.00. The van der Waals surface area contributed by atoms with E-state index in [-0.39, 0.29) is 18.4 Å². The van der Waals surface area contributed by atoms with Gasteiger partial charge >= 0.3 is 0 Å². The minimum atomic E-state index is -4.05. The van der Waals surface area contributed by atoms with Crippen LogP contribution in [0.1, 0.15) is 19.8 Å². The lowest BCUT2D eigenvalue weighted by Gasteiger charge is -1.98. The normalized spacial score (nSPS) is 11.0. The Balaban J connectivity index is 3.99. The van der Waals surface area contributed by atoms with Crippen LogP contribution in [0.15, 0.2) is 12.2 Å². The highest BCUT2D eigenvalue weighted by atomic mass is 32.2. The molecule has 80 valence electrons. The van der Waals surface area contributed by atoms with Gasteiger partial charge in [-0.3, -0.25) is 14.1 Å². The second-order valence-electron chi connectivity index (χ2n) is 2.92. The molecule has 0 aromatic rings. The van der Waals surface area contributed by atoms with Gasteiger partial charge in [-0.15, -0.1) is 0 Å². The largest absolute Gasteiger partial charge is 0.291 e. The smallest absolute Gasteiger partial charge is 0.264 e. The second-order valence-corrected chi connectivity index (χ2v) is 4.49. The van der Waals surface area contributed by atoms with Gasteiger partial charge in [0.1, 0.15) is 0 Å². The van der Waals surface area contributed by atoms with Crippen molar-refractivity contribution in [3.8, 4) is 0 Å². The van der Waals surface area contributed by atoms with Crippen molar-refractivity contribution in [1.29, 1.82) is 0 Å². The summed E-state index contributed by atoms with van der Waals surface area (Å²) in [6.07, 6.45) is -0.248. The van der Waals surface area contributed by atoms with Gasteiger partial charge in [-0.2, -0.15) is 8.42 Å². The van der Waals surface area contributed by atoms with E-state index in [0.717, 1.165) is 0 Å². The Bertz CT molecular complexity index is 352. The number of ketones is 2. The molecule has 0 aromatic carbocycles. The fourth-order valence-corrected chi connectivity index (χ4v) is 1.28. The molecule has 5 nitrogen and oxygen atoms in total. The molecule has 14 heavy (non-hydrogen) atoms. The summed E-state index contributed by atoms with van der Waals surface area (Å²) in [7, 11) is -4.05. The summed E-state index contributed by atoms with van der Waals surface area (Å²) in [6, 6.07) is 0. The Morgan fingerprint density at radius 3 is 2.21 bits per heavy atom. The highest BCUT2D eigenvalue weighted by Gasteiger charge is 2.15. The van der Waals surface area contributed by atoms with E-state index in [2.05, 4.69) is 6.58 Å². The van der Waals surface area contributed by atoms with Gasteiger partial charge in [-0.25, -0.2) is 0 Å². The van der Waals surface area contributed by atoms with Crippen LogP contribution >= 0.6 is 0 Å². The van der Waals surface area contributed by atoms with Crippen molar-refractivity contribution in [3.05, 3.63) is 12.2 Å². The first kappa shape index (κ1) is 13.0. The highest BCUT2D eigenvalue weighted by molar-refractivity contribution is 7.85. The predicted octanol–water partition coefficient (Wildman–Crippen LogP) is 0.369. The number of hydrogen-bond donors (Lipinski definition) is 1. The number of carbonyl (C=O) groups is 2. The quantitative estimate of drug-likeness (QED) is 0.397. The van der Waals surface area contributed by atoms with Crippen LogP contribution in [0.3, 0.4) is 0 Å². The molecule has 0 heterocycles. The van der Waals surface area contributed by atoms with Crippen molar-refractivity contribution in [2.24, 2.45) is 0 Å². The average molecular weight is 220 g/mol. The minimum Gasteiger partial charge on any atom is -0.291 e. The zero-order valence-corrected chi connectivity index (χ0v) is 8.63. The first-order valence-corrected chi connectivity index (χ1v) is 5.53. The van der Waals surface area contributed by atoms with Gasteiger partial charge in [0, 0.05) is 6.42 Å². The Labute approximate surface area is 82.6 Å². The Kier molecular flexibility index (Phi) is 4.65. The van der Waals surface area contributed by atoms with Gasteiger partial charge in [0.05, 0.1) is 5.75 Å². The molecule has 0 saturated heterocycles. The third-order valence-corrected chi connectivity index (χ3v) is 2.25. The first-order valence-electron chi connectivity index (χ1n) is 3.92. The zero-order chi connectivity index (χ0) is 11.4. The third-order valence-electron chi connectivity index (χ3n) is 1.45. The fraction of sp³-hybridized carbons (Fsp3) is 0.500. The van der Waals surface area contributed by atoms with Gasteiger partial charge in [0.15, 0.2) is 0 Å². The Morgan fingerprint density at radius 1 is 1.36 bits per heavy atom. The van der Waals surface area contributed by atoms with Gasteiger partial charge in [-0.05, 0) is 18.9 Å². The van der Waals surface area contributed by atoms with E-state index in [1.165, 1.54) is 6.92 Å². The van der Waals surface area contributed by atoms with Crippen LogP contribution in [-0.2, 0) is 19.7 Å².